The van der Waals surface area contributed by atoms with Gasteiger partial charge in [0.05, 0.1) is 13.2 Å². The van der Waals surface area contributed by atoms with E-state index in [1.807, 2.05) is 6.92 Å². The number of hydrogen-bond acceptors (Lipinski definition) is 5. The van der Waals surface area contributed by atoms with Crippen LogP contribution in [0, 0.1) is 5.41 Å². The van der Waals surface area contributed by atoms with Crippen molar-refractivity contribution in [2.45, 2.75) is 33.2 Å². The second-order valence-corrected chi connectivity index (χ2v) is 4.92. The van der Waals surface area contributed by atoms with Crippen LogP contribution >= 0.6 is 0 Å². The lowest BCUT2D eigenvalue weighted by Gasteiger charge is -2.14. The van der Waals surface area contributed by atoms with E-state index in [1.165, 1.54) is 0 Å². The van der Waals surface area contributed by atoms with E-state index in [0.29, 0.717) is 31.9 Å². The predicted octanol–water partition coefficient (Wildman–Crippen LogP) is 1.44. The van der Waals surface area contributed by atoms with E-state index in [-0.39, 0.29) is 12.5 Å². The van der Waals surface area contributed by atoms with E-state index in [4.69, 9.17) is 9.47 Å². The number of ether oxygens (including phenoxy) is 2. The standard InChI is InChI=1S/C15H20N2O4/c1-3-20-12-9-11(5-8-16-12)10-17-13(18)15(6-7-15)14(19)21-4-2/h5,8-9H,3-4,6-7,10H2,1-2H3,(H,17,18). The lowest BCUT2D eigenvalue weighted by Crippen LogP contribution is -2.37. The fraction of sp³-hybridized carbons (Fsp3) is 0.533. The first-order valence-corrected chi connectivity index (χ1v) is 7.15. The summed E-state index contributed by atoms with van der Waals surface area (Å²) in [5.74, 6) is -0.168. The van der Waals surface area contributed by atoms with E-state index >= 15 is 0 Å². The van der Waals surface area contributed by atoms with Crippen molar-refractivity contribution < 1.29 is 19.1 Å². The van der Waals surface area contributed by atoms with Crippen LogP contribution in [0.5, 0.6) is 5.88 Å². The normalized spacial score (nSPS) is 15.1. The van der Waals surface area contributed by atoms with Crippen LogP contribution in [0.25, 0.3) is 0 Å². The van der Waals surface area contributed by atoms with Gasteiger partial charge in [0, 0.05) is 18.8 Å². The molecule has 0 bridgehead atoms. The van der Waals surface area contributed by atoms with Gasteiger partial charge in [-0.3, -0.25) is 9.59 Å². The summed E-state index contributed by atoms with van der Waals surface area (Å²) in [6.45, 7) is 4.78. The van der Waals surface area contributed by atoms with Crippen LogP contribution in [0.3, 0.4) is 0 Å². The first-order chi connectivity index (χ1) is 10.1. The molecule has 0 aromatic carbocycles. The average molecular weight is 292 g/mol. The minimum absolute atomic E-state index is 0.268. The highest BCUT2D eigenvalue weighted by Gasteiger charge is 2.57. The Morgan fingerprint density at radius 2 is 2.10 bits per heavy atom. The number of esters is 1. The van der Waals surface area contributed by atoms with Crippen molar-refractivity contribution >= 4 is 11.9 Å². The number of amides is 1. The first kappa shape index (κ1) is 15.3. The molecule has 0 spiro atoms. The molecule has 0 saturated heterocycles. The van der Waals surface area contributed by atoms with Gasteiger partial charge < -0.3 is 14.8 Å². The molecular weight excluding hydrogens is 272 g/mol. The van der Waals surface area contributed by atoms with Crippen LogP contribution in [0.4, 0.5) is 0 Å². The second-order valence-electron chi connectivity index (χ2n) is 4.92. The maximum atomic E-state index is 12.2. The Kier molecular flexibility index (Phi) is 4.77. The molecule has 1 amide bonds. The second kappa shape index (κ2) is 6.56. The van der Waals surface area contributed by atoms with Gasteiger partial charge in [-0.1, -0.05) is 0 Å². The quantitative estimate of drug-likeness (QED) is 0.608. The number of carbonyl (C=O) groups excluding carboxylic acids is 2. The summed E-state index contributed by atoms with van der Waals surface area (Å²) in [5, 5.41) is 2.79. The molecule has 6 heteroatoms. The number of pyridine rings is 1. The molecule has 0 aliphatic heterocycles. The topological polar surface area (TPSA) is 77.5 Å². The van der Waals surface area contributed by atoms with Crippen LogP contribution in [0.15, 0.2) is 18.3 Å². The highest BCUT2D eigenvalue weighted by Crippen LogP contribution is 2.47. The summed E-state index contributed by atoms with van der Waals surface area (Å²) >= 11 is 0. The van der Waals surface area contributed by atoms with Crippen molar-refractivity contribution in [1.82, 2.24) is 10.3 Å². The van der Waals surface area contributed by atoms with E-state index < -0.39 is 11.4 Å². The summed E-state index contributed by atoms with van der Waals surface area (Å²) in [7, 11) is 0. The van der Waals surface area contributed by atoms with Gasteiger partial charge in [0.15, 0.2) is 0 Å². The zero-order valence-electron chi connectivity index (χ0n) is 12.3. The van der Waals surface area contributed by atoms with Crippen molar-refractivity contribution in [3.8, 4) is 5.88 Å². The Hall–Kier alpha value is -2.11. The summed E-state index contributed by atoms with van der Waals surface area (Å²) in [4.78, 5) is 28.0. The Morgan fingerprint density at radius 3 is 2.71 bits per heavy atom. The molecule has 1 heterocycles. The van der Waals surface area contributed by atoms with E-state index in [1.54, 1.807) is 25.3 Å². The van der Waals surface area contributed by atoms with Crippen molar-refractivity contribution in [2.75, 3.05) is 13.2 Å². The van der Waals surface area contributed by atoms with E-state index in [9.17, 15) is 9.59 Å². The lowest BCUT2D eigenvalue weighted by atomic mass is 10.1. The number of carbonyl (C=O) groups is 2. The Morgan fingerprint density at radius 1 is 1.33 bits per heavy atom. The molecule has 114 valence electrons. The summed E-state index contributed by atoms with van der Waals surface area (Å²) < 4.78 is 10.3. The van der Waals surface area contributed by atoms with Crippen LogP contribution < -0.4 is 10.1 Å². The highest BCUT2D eigenvalue weighted by molar-refractivity contribution is 6.05. The van der Waals surface area contributed by atoms with Crippen LogP contribution in [-0.2, 0) is 20.9 Å². The van der Waals surface area contributed by atoms with E-state index in [2.05, 4.69) is 10.3 Å². The van der Waals surface area contributed by atoms with Gasteiger partial charge in [0.1, 0.15) is 5.41 Å². The average Bonchev–Trinajstić information content (AvgIpc) is 3.27. The number of hydrogen-bond donors (Lipinski definition) is 1. The predicted molar refractivity (Wildman–Crippen MR) is 75.6 cm³/mol. The molecule has 1 aromatic rings. The lowest BCUT2D eigenvalue weighted by molar-refractivity contribution is -0.154. The zero-order chi connectivity index (χ0) is 15.3. The minimum atomic E-state index is -0.966. The number of rotatable bonds is 7. The van der Waals surface area contributed by atoms with Gasteiger partial charge in [-0.2, -0.15) is 0 Å². The van der Waals surface area contributed by atoms with Gasteiger partial charge in [-0.25, -0.2) is 4.98 Å². The third-order valence-corrected chi connectivity index (χ3v) is 3.40. The summed E-state index contributed by atoms with van der Waals surface area (Å²) in [6, 6.07) is 3.57. The fourth-order valence-electron chi connectivity index (χ4n) is 2.06. The van der Waals surface area contributed by atoms with Crippen molar-refractivity contribution in [3.63, 3.8) is 0 Å². The fourth-order valence-corrected chi connectivity index (χ4v) is 2.06. The maximum Gasteiger partial charge on any atom is 0.321 e. The molecule has 0 unspecified atom stereocenters. The molecule has 1 N–H and O–H groups in total. The van der Waals surface area contributed by atoms with Crippen molar-refractivity contribution in [1.29, 1.82) is 0 Å². The van der Waals surface area contributed by atoms with Gasteiger partial charge in [0.2, 0.25) is 11.8 Å². The number of nitrogens with one attached hydrogen (secondary N) is 1. The SMILES string of the molecule is CCOC(=O)C1(C(=O)NCc2ccnc(OCC)c2)CC1. The monoisotopic (exact) mass is 292 g/mol. The molecule has 1 aliphatic rings. The smallest absolute Gasteiger partial charge is 0.321 e. The molecule has 0 atom stereocenters. The molecule has 1 saturated carbocycles. The third kappa shape index (κ3) is 3.51. The van der Waals surface area contributed by atoms with Gasteiger partial charge in [0.25, 0.3) is 0 Å². The molecule has 1 aromatic heterocycles. The number of nitrogens with zero attached hydrogens (tertiary/aromatic N) is 1. The van der Waals surface area contributed by atoms with Crippen LogP contribution in [-0.4, -0.2) is 30.1 Å². The summed E-state index contributed by atoms with van der Waals surface area (Å²) in [6.07, 6.45) is 2.74. The third-order valence-electron chi connectivity index (χ3n) is 3.40. The molecule has 0 radical (unpaired) electrons. The van der Waals surface area contributed by atoms with Gasteiger partial charge >= 0.3 is 5.97 Å². The minimum Gasteiger partial charge on any atom is -0.478 e. The maximum absolute atomic E-state index is 12.2. The van der Waals surface area contributed by atoms with E-state index in [0.717, 1.165) is 5.56 Å². The molecular formula is C15H20N2O4. The zero-order valence-corrected chi connectivity index (χ0v) is 12.3. The van der Waals surface area contributed by atoms with Crippen molar-refractivity contribution in [2.24, 2.45) is 5.41 Å². The van der Waals surface area contributed by atoms with Crippen LogP contribution in [0.1, 0.15) is 32.3 Å². The number of aromatic nitrogens is 1. The Bertz CT molecular complexity index is 526. The largest absolute Gasteiger partial charge is 0.478 e. The highest BCUT2D eigenvalue weighted by atomic mass is 16.5. The molecule has 2 rings (SSSR count). The Balaban J connectivity index is 1.92. The molecule has 1 fully saturated rings. The Labute approximate surface area is 123 Å². The van der Waals surface area contributed by atoms with Crippen molar-refractivity contribution in [3.05, 3.63) is 23.9 Å². The first-order valence-electron chi connectivity index (χ1n) is 7.15. The van der Waals surface area contributed by atoms with Gasteiger partial charge in [-0.15, -0.1) is 0 Å². The van der Waals surface area contributed by atoms with Gasteiger partial charge in [-0.05, 0) is 38.3 Å². The molecule has 1 aliphatic carbocycles. The summed E-state index contributed by atoms with van der Waals surface area (Å²) in [5.41, 5.74) is -0.0901. The molecule has 6 nitrogen and oxygen atoms in total. The molecule has 21 heavy (non-hydrogen) atoms. The van der Waals surface area contributed by atoms with Crippen LogP contribution in [0.2, 0.25) is 0 Å².